The molecule has 0 aromatic rings. The van der Waals surface area contributed by atoms with Gasteiger partial charge in [0.15, 0.2) is 0 Å². The summed E-state index contributed by atoms with van der Waals surface area (Å²) in [6.07, 6.45) is 22.3. The number of rotatable bonds is 10. The molecule has 1 heteroatoms. The Bertz CT molecular complexity index is 327. The Kier molecular flexibility index (Phi) is 6.41. The van der Waals surface area contributed by atoms with Gasteiger partial charge in [0.05, 0.1) is 0 Å². The van der Waals surface area contributed by atoms with E-state index in [1.807, 2.05) is 5.57 Å². The molecule has 0 spiro atoms. The first-order valence-electron chi connectivity index (χ1n) is 10.2. The third-order valence-electron chi connectivity index (χ3n) is 6.57. The van der Waals surface area contributed by atoms with Crippen molar-refractivity contribution in [2.24, 2.45) is 23.7 Å². The molecule has 0 radical (unpaired) electrons. The highest BCUT2D eigenvalue weighted by Crippen LogP contribution is 2.56. The molecule has 4 aliphatic rings. The average molecular weight is 305 g/mol. The lowest BCUT2D eigenvalue weighted by atomic mass is 9.54. The van der Waals surface area contributed by atoms with Crippen LogP contribution in [0.4, 0.5) is 0 Å². The van der Waals surface area contributed by atoms with Gasteiger partial charge in [-0.05, 0) is 75.0 Å². The van der Waals surface area contributed by atoms with Crippen molar-refractivity contribution in [3.63, 3.8) is 0 Å². The first-order chi connectivity index (χ1) is 10.9. The number of allylic oxidation sites excluding steroid dienone is 2. The van der Waals surface area contributed by atoms with Gasteiger partial charge < -0.3 is 5.11 Å². The van der Waals surface area contributed by atoms with Gasteiger partial charge in [-0.1, -0.05) is 50.2 Å². The normalized spacial score (nSPS) is 32.7. The van der Waals surface area contributed by atoms with Crippen LogP contribution in [0.25, 0.3) is 0 Å². The predicted octanol–water partition coefficient (Wildman–Crippen LogP) is 5.87. The van der Waals surface area contributed by atoms with E-state index < -0.39 is 0 Å². The van der Waals surface area contributed by atoms with E-state index in [9.17, 15) is 0 Å². The Labute approximate surface area is 137 Å². The molecule has 4 bridgehead atoms. The Hall–Kier alpha value is -0.300. The summed E-state index contributed by atoms with van der Waals surface area (Å²) in [5, 5.41) is 8.74. The van der Waals surface area contributed by atoms with Crippen molar-refractivity contribution in [1.29, 1.82) is 0 Å². The summed E-state index contributed by atoms with van der Waals surface area (Å²) < 4.78 is 0. The van der Waals surface area contributed by atoms with Crippen molar-refractivity contribution in [2.75, 3.05) is 6.61 Å². The Morgan fingerprint density at radius 1 is 0.682 bits per heavy atom. The van der Waals surface area contributed by atoms with Gasteiger partial charge in [0.1, 0.15) is 0 Å². The van der Waals surface area contributed by atoms with Crippen molar-refractivity contribution >= 4 is 0 Å². The molecule has 0 unspecified atom stereocenters. The maximum Gasteiger partial charge on any atom is 0.0431 e. The summed E-state index contributed by atoms with van der Waals surface area (Å²) >= 11 is 0. The minimum atomic E-state index is 0.373. The molecule has 1 N–H and O–H groups in total. The Morgan fingerprint density at radius 2 is 1.18 bits per heavy atom. The van der Waals surface area contributed by atoms with Gasteiger partial charge in [-0.25, -0.2) is 0 Å². The minimum Gasteiger partial charge on any atom is -0.396 e. The lowest BCUT2D eigenvalue weighted by Crippen LogP contribution is -2.40. The van der Waals surface area contributed by atoms with Crippen LogP contribution >= 0.6 is 0 Å². The first kappa shape index (κ1) is 16.6. The monoisotopic (exact) mass is 304 g/mol. The maximum atomic E-state index is 8.74. The number of unbranched alkanes of at least 4 members (excludes halogenated alkanes) is 8. The van der Waals surface area contributed by atoms with Crippen molar-refractivity contribution in [2.45, 2.75) is 89.9 Å². The van der Waals surface area contributed by atoms with Crippen LogP contribution in [-0.4, -0.2) is 11.7 Å². The van der Waals surface area contributed by atoms with Crippen LogP contribution in [0, 0.1) is 23.7 Å². The molecule has 4 rings (SSSR count). The van der Waals surface area contributed by atoms with Gasteiger partial charge >= 0.3 is 0 Å². The van der Waals surface area contributed by atoms with E-state index >= 15 is 0 Å². The quantitative estimate of drug-likeness (QED) is 0.395. The highest BCUT2D eigenvalue weighted by Gasteiger charge is 2.44. The average Bonchev–Trinajstić information content (AvgIpc) is 2.50. The van der Waals surface area contributed by atoms with Gasteiger partial charge in [0.2, 0.25) is 0 Å². The molecular weight excluding hydrogens is 268 g/mol. The van der Waals surface area contributed by atoms with Crippen molar-refractivity contribution in [1.82, 2.24) is 0 Å². The van der Waals surface area contributed by atoms with Gasteiger partial charge in [0, 0.05) is 6.61 Å². The lowest BCUT2D eigenvalue weighted by Gasteiger charge is -2.51. The fourth-order valence-electron chi connectivity index (χ4n) is 5.65. The molecule has 0 aliphatic heterocycles. The van der Waals surface area contributed by atoms with Gasteiger partial charge in [-0.15, -0.1) is 0 Å². The molecule has 1 nitrogen and oxygen atoms in total. The van der Waals surface area contributed by atoms with E-state index in [1.54, 1.807) is 6.42 Å². The molecule has 4 aliphatic carbocycles. The summed E-state index contributed by atoms with van der Waals surface area (Å²) in [6, 6.07) is 0. The minimum absolute atomic E-state index is 0.373. The smallest absolute Gasteiger partial charge is 0.0431 e. The first-order valence-corrected chi connectivity index (χ1v) is 10.2. The molecule has 0 amide bonds. The summed E-state index contributed by atoms with van der Waals surface area (Å²) in [7, 11) is 0. The van der Waals surface area contributed by atoms with Crippen molar-refractivity contribution in [3.8, 4) is 0 Å². The van der Waals surface area contributed by atoms with Crippen LogP contribution in [0.1, 0.15) is 89.9 Å². The van der Waals surface area contributed by atoms with E-state index in [1.165, 1.54) is 77.0 Å². The molecular formula is C21H36O. The zero-order chi connectivity index (χ0) is 15.2. The summed E-state index contributed by atoms with van der Waals surface area (Å²) in [5.74, 6) is 4.21. The third-order valence-corrected chi connectivity index (χ3v) is 6.57. The van der Waals surface area contributed by atoms with Crippen molar-refractivity contribution < 1.29 is 5.11 Å². The van der Waals surface area contributed by atoms with Crippen LogP contribution in [-0.2, 0) is 0 Å². The van der Waals surface area contributed by atoms with E-state index in [4.69, 9.17) is 5.11 Å². The molecule has 4 fully saturated rings. The number of aliphatic hydroxyl groups is 1. The second kappa shape index (κ2) is 8.52. The topological polar surface area (TPSA) is 20.2 Å². The molecule has 0 aromatic carbocycles. The predicted molar refractivity (Wildman–Crippen MR) is 93.8 cm³/mol. The fourth-order valence-corrected chi connectivity index (χ4v) is 5.65. The highest BCUT2D eigenvalue weighted by atomic mass is 16.2. The SMILES string of the molecule is OCCCCCCCCCCC=C1C2CC3CC(C2)CC1C3. The van der Waals surface area contributed by atoms with Crippen LogP contribution in [0.5, 0.6) is 0 Å². The van der Waals surface area contributed by atoms with Gasteiger partial charge in [0.25, 0.3) is 0 Å². The van der Waals surface area contributed by atoms with Crippen LogP contribution < -0.4 is 0 Å². The van der Waals surface area contributed by atoms with E-state index in [0.717, 1.165) is 30.1 Å². The zero-order valence-electron chi connectivity index (χ0n) is 14.4. The Morgan fingerprint density at radius 3 is 1.73 bits per heavy atom. The molecule has 22 heavy (non-hydrogen) atoms. The third kappa shape index (κ3) is 4.37. The molecule has 4 saturated carbocycles. The summed E-state index contributed by atoms with van der Waals surface area (Å²) in [5.41, 5.74) is 1.90. The largest absolute Gasteiger partial charge is 0.396 e. The van der Waals surface area contributed by atoms with E-state index in [0.29, 0.717) is 6.61 Å². The van der Waals surface area contributed by atoms with Crippen molar-refractivity contribution in [3.05, 3.63) is 11.6 Å². The summed E-state index contributed by atoms with van der Waals surface area (Å²) in [4.78, 5) is 0. The van der Waals surface area contributed by atoms with Crippen LogP contribution in [0.3, 0.4) is 0 Å². The highest BCUT2D eigenvalue weighted by molar-refractivity contribution is 5.20. The van der Waals surface area contributed by atoms with E-state index in [-0.39, 0.29) is 0 Å². The second-order valence-electron chi connectivity index (χ2n) is 8.35. The fraction of sp³-hybridized carbons (Fsp3) is 0.905. The van der Waals surface area contributed by atoms with Crippen LogP contribution in [0.15, 0.2) is 11.6 Å². The number of hydrogen-bond acceptors (Lipinski definition) is 1. The number of hydrogen-bond donors (Lipinski definition) is 1. The van der Waals surface area contributed by atoms with E-state index in [2.05, 4.69) is 6.08 Å². The molecule has 0 saturated heterocycles. The molecule has 126 valence electrons. The zero-order valence-corrected chi connectivity index (χ0v) is 14.4. The number of aliphatic hydroxyl groups excluding tert-OH is 1. The Balaban J connectivity index is 1.26. The van der Waals surface area contributed by atoms with Crippen LogP contribution in [0.2, 0.25) is 0 Å². The molecule has 0 heterocycles. The molecule has 0 aromatic heterocycles. The van der Waals surface area contributed by atoms with Gasteiger partial charge in [-0.3, -0.25) is 0 Å². The lowest BCUT2D eigenvalue weighted by molar-refractivity contribution is 0.0692. The molecule has 0 atom stereocenters. The standard InChI is InChI=1S/C21H36O/c22-11-9-7-5-3-1-2-4-6-8-10-21-19-13-17-12-18(15-19)16-20(21)14-17/h10,17-20,22H,1-9,11-16H2. The second-order valence-corrected chi connectivity index (χ2v) is 8.35. The summed E-state index contributed by atoms with van der Waals surface area (Å²) in [6.45, 7) is 0.373. The maximum absolute atomic E-state index is 8.74. The van der Waals surface area contributed by atoms with Gasteiger partial charge in [-0.2, -0.15) is 0 Å².